The number of amides is 1. The van der Waals surface area contributed by atoms with Gasteiger partial charge in [-0.1, -0.05) is 18.2 Å². The summed E-state index contributed by atoms with van der Waals surface area (Å²) in [5, 5.41) is 7.30. The van der Waals surface area contributed by atoms with Gasteiger partial charge in [0, 0.05) is 57.4 Å². The second kappa shape index (κ2) is 9.22. The zero-order valence-electron chi connectivity index (χ0n) is 18.8. The van der Waals surface area contributed by atoms with E-state index < -0.39 is 0 Å². The van der Waals surface area contributed by atoms with E-state index in [4.69, 9.17) is 4.74 Å². The lowest BCUT2D eigenvalue weighted by Crippen LogP contribution is -2.47. The molecule has 3 aromatic rings. The standard InChI is InChI=1S/C23H29N7O3/c1-17-5-2-3-7-19(17)27-10-12-28(13-11-27)21-22-26-30(23(32)29(22)9-8-24-21)16-20(31)25-15-18-6-4-14-33-18/h2-3,5,7-9,18H,4,6,10-16H2,1H3,(H,25,31)/t18-/m0/s1. The van der Waals surface area contributed by atoms with Gasteiger partial charge in [-0.05, 0) is 31.4 Å². The second-order valence-electron chi connectivity index (χ2n) is 8.58. The highest BCUT2D eigenvalue weighted by molar-refractivity contribution is 5.75. The highest BCUT2D eigenvalue weighted by Gasteiger charge is 2.23. The predicted molar refractivity (Wildman–Crippen MR) is 125 cm³/mol. The lowest BCUT2D eigenvalue weighted by Gasteiger charge is -2.37. The molecule has 33 heavy (non-hydrogen) atoms. The molecule has 0 bridgehead atoms. The molecule has 5 rings (SSSR count). The molecule has 2 saturated heterocycles. The van der Waals surface area contributed by atoms with Crippen molar-refractivity contribution >= 4 is 23.1 Å². The van der Waals surface area contributed by atoms with E-state index in [0.717, 1.165) is 45.6 Å². The maximum atomic E-state index is 12.8. The Morgan fingerprint density at radius 3 is 2.73 bits per heavy atom. The fraction of sp³-hybridized carbons (Fsp3) is 0.478. The normalized spacial score (nSPS) is 18.8. The van der Waals surface area contributed by atoms with Crippen LogP contribution >= 0.6 is 0 Å². The molecule has 2 fully saturated rings. The Morgan fingerprint density at radius 2 is 1.97 bits per heavy atom. The molecular weight excluding hydrogens is 422 g/mol. The van der Waals surface area contributed by atoms with Gasteiger partial charge in [0.15, 0.2) is 5.82 Å². The zero-order chi connectivity index (χ0) is 22.8. The Kier molecular flexibility index (Phi) is 5.99. The highest BCUT2D eigenvalue weighted by Crippen LogP contribution is 2.23. The number of hydrogen-bond acceptors (Lipinski definition) is 7. The number of carbonyl (C=O) groups is 1. The summed E-state index contributed by atoms with van der Waals surface area (Å²) in [7, 11) is 0. The molecule has 174 valence electrons. The summed E-state index contributed by atoms with van der Waals surface area (Å²) in [5.41, 5.74) is 2.63. The van der Waals surface area contributed by atoms with E-state index in [1.807, 2.05) is 0 Å². The number of aromatic nitrogens is 4. The monoisotopic (exact) mass is 451 g/mol. The fourth-order valence-corrected chi connectivity index (χ4v) is 4.56. The van der Waals surface area contributed by atoms with Crippen LogP contribution in [0.25, 0.3) is 5.65 Å². The van der Waals surface area contributed by atoms with Crippen LogP contribution in [0.5, 0.6) is 0 Å². The zero-order valence-corrected chi connectivity index (χ0v) is 18.8. The lowest BCUT2D eigenvalue weighted by atomic mass is 10.1. The van der Waals surface area contributed by atoms with Crippen LogP contribution in [0.1, 0.15) is 18.4 Å². The largest absolute Gasteiger partial charge is 0.376 e. The molecule has 1 N–H and O–H groups in total. The summed E-state index contributed by atoms with van der Waals surface area (Å²) in [4.78, 5) is 34.3. The molecule has 0 aliphatic carbocycles. The first-order chi connectivity index (χ1) is 16.1. The van der Waals surface area contributed by atoms with Gasteiger partial charge >= 0.3 is 5.69 Å². The van der Waals surface area contributed by atoms with Gasteiger partial charge in [-0.25, -0.2) is 18.9 Å². The van der Waals surface area contributed by atoms with E-state index in [0.29, 0.717) is 18.0 Å². The number of hydrogen-bond donors (Lipinski definition) is 1. The maximum absolute atomic E-state index is 12.8. The van der Waals surface area contributed by atoms with Crippen LogP contribution in [0, 0.1) is 6.92 Å². The van der Waals surface area contributed by atoms with Crippen molar-refractivity contribution in [1.82, 2.24) is 24.5 Å². The van der Waals surface area contributed by atoms with Crippen LogP contribution in [-0.2, 0) is 16.1 Å². The molecule has 0 saturated carbocycles. The molecular formula is C23H29N7O3. The van der Waals surface area contributed by atoms with Crippen LogP contribution < -0.4 is 20.8 Å². The molecule has 1 amide bonds. The molecule has 2 aliphatic rings. The molecule has 10 heteroatoms. The summed E-state index contributed by atoms with van der Waals surface area (Å²) in [6.07, 6.45) is 5.22. The van der Waals surface area contributed by atoms with Crippen molar-refractivity contribution in [3.63, 3.8) is 0 Å². The summed E-state index contributed by atoms with van der Waals surface area (Å²) >= 11 is 0. The van der Waals surface area contributed by atoms with Crippen molar-refractivity contribution in [2.45, 2.75) is 32.4 Å². The van der Waals surface area contributed by atoms with Crippen LogP contribution in [0.2, 0.25) is 0 Å². The number of anilines is 2. The van der Waals surface area contributed by atoms with Gasteiger partial charge in [-0.3, -0.25) is 4.79 Å². The Morgan fingerprint density at radius 1 is 1.18 bits per heavy atom. The van der Waals surface area contributed by atoms with Crippen molar-refractivity contribution in [3.05, 3.63) is 52.7 Å². The minimum Gasteiger partial charge on any atom is -0.376 e. The van der Waals surface area contributed by atoms with Crippen molar-refractivity contribution in [1.29, 1.82) is 0 Å². The first-order valence-electron chi connectivity index (χ1n) is 11.5. The van der Waals surface area contributed by atoms with Gasteiger partial charge in [-0.15, -0.1) is 5.10 Å². The molecule has 1 atom stereocenters. The first-order valence-corrected chi connectivity index (χ1v) is 11.5. The number of benzene rings is 1. The van der Waals surface area contributed by atoms with E-state index in [-0.39, 0.29) is 24.2 Å². The molecule has 0 spiro atoms. The van der Waals surface area contributed by atoms with E-state index in [1.165, 1.54) is 20.3 Å². The van der Waals surface area contributed by atoms with Crippen LogP contribution in [0.3, 0.4) is 0 Å². The molecule has 1 aromatic carbocycles. The Hall–Kier alpha value is -3.40. The molecule has 0 radical (unpaired) electrons. The maximum Gasteiger partial charge on any atom is 0.350 e. The number of rotatable bonds is 6. The number of piperazine rings is 1. The SMILES string of the molecule is Cc1ccccc1N1CCN(c2nccn3c(=O)n(CC(=O)NC[C@@H]4CCCO4)nc23)CC1. The summed E-state index contributed by atoms with van der Waals surface area (Å²) in [6.45, 7) is 6.43. The summed E-state index contributed by atoms with van der Waals surface area (Å²) < 4.78 is 8.20. The van der Waals surface area contributed by atoms with E-state index in [1.54, 1.807) is 12.4 Å². The van der Waals surface area contributed by atoms with Crippen LogP contribution in [0.15, 0.2) is 41.5 Å². The number of fused-ring (bicyclic) bond motifs is 1. The van der Waals surface area contributed by atoms with Crippen LogP contribution in [0.4, 0.5) is 11.5 Å². The molecule has 10 nitrogen and oxygen atoms in total. The third kappa shape index (κ3) is 4.43. The number of para-hydroxylation sites is 1. The number of aryl methyl sites for hydroxylation is 1. The number of carbonyl (C=O) groups excluding carboxylic acids is 1. The van der Waals surface area contributed by atoms with Crippen molar-refractivity contribution in [2.24, 2.45) is 0 Å². The van der Waals surface area contributed by atoms with Gasteiger partial charge in [0.05, 0.1) is 6.10 Å². The number of ether oxygens (including phenoxy) is 1. The summed E-state index contributed by atoms with van der Waals surface area (Å²) in [6, 6.07) is 8.39. The smallest absolute Gasteiger partial charge is 0.350 e. The van der Waals surface area contributed by atoms with E-state index in [2.05, 4.69) is 56.4 Å². The second-order valence-corrected chi connectivity index (χ2v) is 8.58. The van der Waals surface area contributed by atoms with Gasteiger partial charge in [0.1, 0.15) is 6.54 Å². The Bertz CT molecular complexity index is 1190. The molecule has 2 aliphatic heterocycles. The van der Waals surface area contributed by atoms with Gasteiger partial charge in [-0.2, -0.15) is 0 Å². The Balaban J connectivity index is 1.29. The van der Waals surface area contributed by atoms with Gasteiger partial charge < -0.3 is 19.9 Å². The van der Waals surface area contributed by atoms with Crippen LogP contribution in [-0.4, -0.2) is 70.5 Å². The Labute approximate surface area is 191 Å². The molecule has 0 unspecified atom stereocenters. The lowest BCUT2D eigenvalue weighted by molar-refractivity contribution is -0.122. The third-order valence-electron chi connectivity index (χ3n) is 6.36. The van der Waals surface area contributed by atoms with Gasteiger partial charge in [0.25, 0.3) is 0 Å². The predicted octanol–water partition coefficient (Wildman–Crippen LogP) is 0.821. The van der Waals surface area contributed by atoms with E-state index in [9.17, 15) is 9.59 Å². The fourth-order valence-electron chi connectivity index (χ4n) is 4.56. The number of nitrogens with one attached hydrogen (secondary N) is 1. The topological polar surface area (TPSA) is 97.0 Å². The number of nitrogens with zero attached hydrogens (tertiary/aromatic N) is 6. The van der Waals surface area contributed by atoms with Crippen molar-refractivity contribution < 1.29 is 9.53 Å². The first kappa shape index (κ1) is 21.4. The van der Waals surface area contributed by atoms with E-state index >= 15 is 0 Å². The minimum absolute atomic E-state index is 0.0564. The third-order valence-corrected chi connectivity index (χ3v) is 6.36. The quantitative estimate of drug-likeness (QED) is 0.593. The summed E-state index contributed by atoms with van der Waals surface area (Å²) in [5.74, 6) is 0.412. The van der Waals surface area contributed by atoms with Crippen molar-refractivity contribution in [3.8, 4) is 0 Å². The van der Waals surface area contributed by atoms with Gasteiger partial charge in [0.2, 0.25) is 11.6 Å². The average Bonchev–Trinajstić information content (AvgIpc) is 3.47. The van der Waals surface area contributed by atoms with Crippen molar-refractivity contribution in [2.75, 3.05) is 49.1 Å². The highest BCUT2D eigenvalue weighted by atomic mass is 16.5. The molecule has 4 heterocycles. The minimum atomic E-state index is -0.348. The average molecular weight is 452 g/mol. The molecule has 2 aromatic heterocycles.